The van der Waals surface area contributed by atoms with Crippen LogP contribution in [0.4, 0.5) is 0 Å². The Morgan fingerprint density at radius 2 is 1.90 bits per heavy atom. The van der Waals surface area contributed by atoms with Gasteiger partial charge in [0.25, 0.3) is 5.91 Å². The minimum atomic E-state index is 0.0290. The maximum absolute atomic E-state index is 12.1. The largest absolute Gasteiger partial charge is 0.373 e. The van der Waals surface area contributed by atoms with E-state index in [1.54, 1.807) is 26.0 Å². The minimum absolute atomic E-state index is 0.0290. The lowest BCUT2D eigenvalue weighted by atomic mass is 10.1. The number of amides is 1. The van der Waals surface area contributed by atoms with E-state index in [1.165, 1.54) is 0 Å². The summed E-state index contributed by atoms with van der Waals surface area (Å²) in [5.41, 5.74) is 1.86. The molecule has 0 saturated carbocycles. The third kappa shape index (κ3) is 8.03. The molecule has 1 aliphatic heterocycles. The van der Waals surface area contributed by atoms with Crippen molar-refractivity contribution in [2.24, 2.45) is 4.99 Å². The van der Waals surface area contributed by atoms with Crippen LogP contribution in [0.25, 0.3) is 0 Å². The zero-order valence-corrected chi connectivity index (χ0v) is 18.6. The van der Waals surface area contributed by atoms with Crippen molar-refractivity contribution in [1.29, 1.82) is 0 Å². The molecule has 1 fully saturated rings. The van der Waals surface area contributed by atoms with Crippen LogP contribution in [0.3, 0.4) is 0 Å². The van der Waals surface area contributed by atoms with Gasteiger partial charge in [-0.25, -0.2) is 0 Å². The number of hydrogen-bond acceptors (Lipinski definition) is 4. The summed E-state index contributed by atoms with van der Waals surface area (Å²) in [5.74, 6) is 0.843. The molecular formula is C22H37N5O2. The summed E-state index contributed by atoms with van der Waals surface area (Å²) in [5, 5.41) is 6.73. The first-order valence-electron chi connectivity index (χ1n) is 10.5. The molecule has 0 spiro atoms. The lowest BCUT2D eigenvalue weighted by Crippen LogP contribution is -2.46. The van der Waals surface area contributed by atoms with Gasteiger partial charge in [-0.05, 0) is 44.4 Å². The summed E-state index contributed by atoms with van der Waals surface area (Å²) >= 11 is 0. The van der Waals surface area contributed by atoms with Crippen LogP contribution < -0.4 is 10.6 Å². The molecule has 2 unspecified atom stereocenters. The fraction of sp³-hybridized carbons (Fsp3) is 0.636. The van der Waals surface area contributed by atoms with Crippen molar-refractivity contribution < 1.29 is 9.53 Å². The van der Waals surface area contributed by atoms with Gasteiger partial charge in [-0.1, -0.05) is 12.1 Å². The van der Waals surface area contributed by atoms with E-state index in [2.05, 4.69) is 40.4 Å². The van der Waals surface area contributed by atoms with Crippen LogP contribution in [-0.2, 0) is 11.2 Å². The zero-order valence-electron chi connectivity index (χ0n) is 18.6. The lowest BCUT2D eigenvalue weighted by Gasteiger charge is -2.35. The van der Waals surface area contributed by atoms with Crippen molar-refractivity contribution in [3.05, 3.63) is 35.4 Å². The average molecular weight is 404 g/mol. The number of benzene rings is 1. The Morgan fingerprint density at radius 1 is 1.21 bits per heavy atom. The normalized spacial score (nSPS) is 20.4. The maximum atomic E-state index is 12.1. The number of hydrogen-bond donors (Lipinski definition) is 2. The Balaban J connectivity index is 1.68. The topological polar surface area (TPSA) is 69.2 Å². The van der Waals surface area contributed by atoms with Crippen molar-refractivity contribution >= 4 is 11.9 Å². The Kier molecular flexibility index (Phi) is 9.41. The van der Waals surface area contributed by atoms with E-state index in [0.717, 1.165) is 62.7 Å². The summed E-state index contributed by atoms with van der Waals surface area (Å²) in [6, 6.07) is 7.81. The van der Waals surface area contributed by atoms with Gasteiger partial charge < -0.3 is 20.3 Å². The molecule has 0 radical (unpaired) electrons. The number of ether oxygens (including phenoxy) is 1. The highest BCUT2D eigenvalue weighted by Gasteiger charge is 2.21. The predicted octanol–water partition coefficient (Wildman–Crippen LogP) is 1.60. The molecule has 1 saturated heterocycles. The fourth-order valence-corrected chi connectivity index (χ4v) is 3.64. The Labute approximate surface area is 175 Å². The number of rotatable bonds is 8. The van der Waals surface area contributed by atoms with Crippen LogP contribution in [0.2, 0.25) is 0 Å². The van der Waals surface area contributed by atoms with Crippen molar-refractivity contribution in [1.82, 2.24) is 20.4 Å². The summed E-state index contributed by atoms with van der Waals surface area (Å²) in [6.45, 7) is 9.00. The number of guanidine groups is 1. The van der Waals surface area contributed by atoms with Gasteiger partial charge in [0, 0.05) is 59.4 Å². The number of carbonyl (C=O) groups excluding carboxylic acids is 1. The van der Waals surface area contributed by atoms with E-state index < -0.39 is 0 Å². The quantitative estimate of drug-likeness (QED) is 0.392. The second-order valence-corrected chi connectivity index (χ2v) is 7.95. The third-order valence-electron chi connectivity index (χ3n) is 4.95. The van der Waals surface area contributed by atoms with Crippen LogP contribution >= 0.6 is 0 Å². The molecule has 0 bridgehead atoms. The van der Waals surface area contributed by atoms with Crippen molar-refractivity contribution in [3.8, 4) is 0 Å². The molecule has 1 heterocycles. The molecular weight excluding hydrogens is 366 g/mol. The van der Waals surface area contributed by atoms with E-state index in [4.69, 9.17) is 4.74 Å². The maximum Gasteiger partial charge on any atom is 0.253 e. The van der Waals surface area contributed by atoms with Crippen LogP contribution in [0.1, 0.15) is 36.2 Å². The molecule has 2 atom stereocenters. The van der Waals surface area contributed by atoms with Gasteiger partial charge in [0.1, 0.15) is 0 Å². The fourth-order valence-electron chi connectivity index (χ4n) is 3.64. The molecule has 162 valence electrons. The first-order chi connectivity index (χ1) is 13.9. The first kappa shape index (κ1) is 23.2. The summed E-state index contributed by atoms with van der Waals surface area (Å²) in [4.78, 5) is 20.5. The lowest BCUT2D eigenvalue weighted by molar-refractivity contribution is -0.0679. The van der Waals surface area contributed by atoms with E-state index >= 15 is 0 Å². The molecule has 1 aromatic carbocycles. The number of aliphatic imine (C=N–C) groups is 1. The molecule has 1 amide bonds. The Morgan fingerprint density at radius 3 is 2.55 bits per heavy atom. The average Bonchev–Trinajstić information content (AvgIpc) is 2.68. The first-order valence-corrected chi connectivity index (χ1v) is 10.5. The Bertz CT molecular complexity index is 667. The standard InChI is InChI=1S/C22H37N5O2/c1-17-15-27(16-18(2)29-17)13-7-11-24-22(23-3)25-12-10-19-8-6-9-20(14-19)21(28)26(4)5/h6,8-9,14,17-18H,7,10-13,15-16H2,1-5H3,(H2,23,24,25). The van der Waals surface area contributed by atoms with E-state index in [0.29, 0.717) is 12.2 Å². The van der Waals surface area contributed by atoms with E-state index in [9.17, 15) is 4.79 Å². The molecule has 1 aromatic rings. The van der Waals surface area contributed by atoms with E-state index in [1.807, 2.05) is 18.2 Å². The second-order valence-electron chi connectivity index (χ2n) is 7.95. The molecule has 7 nitrogen and oxygen atoms in total. The van der Waals surface area contributed by atoms with Gasteiger partial charge in [-0.15, -0.1) is 0 Å². The van der Waals surface area contributed by atoms with Crippen molar-refractivity contribution in [3.63, 3.8) is 0 Å². The minimum Gasteiger partial charge on any atom is -0.373 e. The van der Waals surface area contributed by atoms with E-state index in [-0.39, 0.29) is 5.91 Å². The molecule has 0 aromatic heterocycles. The number of carbonyl (C=O) groups is 1. The molecule has 2 N–H and O–H groups in total. The van der Waals surface area contributed by atoms with Gasteiger partial charge in [0.05, 0.1) is 12.2 Å². The van der Waals surface area contributed by atoms with Crippen LogP contribution in [-0.4, -0.2) is 87.7 Å². The molecule has 2 rings (SSSR count). The molecule has 7 heteroatoms. The summed E-state index contributed by atoms with van der Waals surface area (Å²) in [7, 11) is 5.33. The van der Waals surface area contributed by atoms with Gasteiger partial charge in [0.15, 0.2) is 5.96 Å². The van der Waals surface area contributed by atoms with Crippen LogP contribution in [0, 0.1) is 0 Å². The third-order valence-corrected chi connectivity index (χ3v) is 4.95. The SMILES string of the molecule is CN=C(NCCCN1CC(C)OC(C)C1)NCCc1cccc(C(=O)N(C)C)c1. The molecule has 0 aliphatic carbocycles. The highest BCUT2D eigenvalue weighted by molar-refractivity contribution is 5.94. The number of morpholine rings is 1. The number of nitrogens with zero attached hydrogens (tertiary/aromatic N) is 3. The van der Waals surface area contributed by atoms with Crippen molar-refractivity contribution in [2.45, 2.75) is 38.9 Å². The summed E-state index contributed by atoms with van der Waals surface area (Å²) < 4.78 is 5.78. The monoisotopic (exact) mass is 403 g/mol. The zero-order chi connectivity index (χ0) is 21.2. The smallest absolute Gasteiger partial charge is 0.253 e. The molecule has 29 heavy (non-hydrogen) atoms. The summed E-state index contributed by atoms with van der Waals surface area (Å²) in [6.07, 6.45) is 2.52. The van der Waals surface area contributed by atoms with Crippen molar-refractivity contribution in [2.75, 3.05) is 53.9 Å². The van der Waals surface area contributed by atoms with Gasteiger partial charge in [-0.2, -0.15) is 0 Å². The second kappa shape index (κ2) is 11.8. The van der Waals surface area contributed by atoms with Gasteiger partial charge in [-0.3, -0.25) is 14.7 Å². The highest BCUT2D eigenvalue weighted by Crippen LogP contribution is 2.10. The Hall–Kier alpha value is -2.12. The highest BCUT2D eigenvalue weighted by atomic mass is 16.5. The van der Waals surface area contributed by atoms with Gasteiger partial charge >= 0.3 is 0 Å². The molecule has 1 aliphatic rings. The van der Waals surface area contributed by atoms with Crippen LogP contribution in [0.5, 0.6) is 0 Å². The van der Waals surface area contributed by atoms with Crippen LogP contribution in [0.15, 0.2) is 29.3 Å². The van der Waals surface area contributed by atoms with Gasteiger partial charge in [0.2, 0.25) is 0 Å². The number of nitrogens with one attached hydrogen (secondary N) is 2. The predicted molar refractivity (Wildman–Crippen MR) is 119 cm³/mol.